The van der Waals surface area contributed by atoms with Gasteiger partial charge in [-0.1, -0.05) is 12.1 Å². The van der Waals surface area contributed by atoms with Crippen LogP contribution in [0, 0.1) is 6.92 Å². The molecule has 1 aliphatic rings. The van der Waals surface area contributed by atoms with Crippen molar-refractivity contribution in [2.75, 3.05) is 12.3 Å². The predicted octanol–water partition coefficient (Wildman–Crippen LogP) is 3.27. The van der Waals surface area contributed by atoms with E-state index >= 15 is 0 Å². The first-order chi connectivity index (χ1) is 12.5. The fraction of sp³-hybridized carbons (Fsp3) is 0.316. The molecule has 26 heavy (non-hydrogen) atoms. The Balaban J connectivity index is 1.93. The molecule has 1 aliphatic heterocycles. The molecule has 1 aromatic heterocycles. The Labute approximate surface area is 154 Å². The van der Waals surface area contributed by atoms with E-state index in [0.717, 1.165) is 59.3 Å². The molecule has 4 rings (SSSR count). The quantitative estimate of drug-likeness (QED) is 0.692. The van der Waals surface area contributed by atoms with E-state index in [1.165, 1.54) is 0 Å². The summed E-state index contributed by atoms with van der Waals surface area (Å²) >= 11 is 0. The maximum Gasteiger partial charge on any atom is 0.150 e. The summed E-state index contributed by atoms with van der Waals surface area (Å²) < 4.78 is 19.6. The van der Waals surface area contributed by atoms with E-state index in [0.29, 0.717) is 4.90 Å². The Morgan fingerprint density at radius 2 is 2.12 bits per heavy atom. The van der Waals surface area contributed by atoms with E-state index in [-0.39, 0.29) is 6.23 Å². The topological polar surface area (TPSA) is 96.2 Å². The van der Waals surface area contributed by atoms with Gasteiger partial charge in [0.25, 0.3) is 0 Å². The largest absolute Gasteiger partial charge is 0.398 e. The summed E-state index contributed by atoms with van der Waals surface area (Å²) in [5.41, 5.74) is 10.6. The van der Waals surface area contributed by atoms with Gasteiger partial charge in [0.15, 0.2) is 6.23 Å². The molecule has 2 heterocycles. The third kappa shape index (κ3) is 3.02. The molecule has 0 saturated carbocycles. The predicted molar refractivity (Wildman–Crippen MR) is 104 cm³/mol. The van der Waals surface area contributed by atoms with Crippen LogP contribution in [0.5, 0.6) is 0 Å². The van der Waals surface area contributed by atoms with Gasteiger partial charge in [-0.3, -0.25) is 0 Å². The normalized spacial score (nSPS) is 18.9. The number of anilines is 1. The smallest absolute Gasteiger partial charge is 0.150 e. The minimum atomic E-state index is -1.54. The molecule has 0 bridgehead atoms. The van der Waals surface area contributed by atoms with Crippen molar-refractivity contribution < 1.29 is 8.95 Å². The highest BCUT2D eigenvalue weighted by atomic mass is 32.2. The average molecular weight is 370 g/mol. The molecule has 4 N–H and O–H groups in total. The second kappa shape index (κ2) is 6.83. The van der Waals surface area contributed by atoms with Gasteiger partial charge in [0.2, 0.25) is 0 Å². The zero-order chi connectivity index (χ0) is 18.3. The lowest BCUT2D eigenvalue weighted by molar-refractivity contribution is -0.0365. The number of aromatic nitrogens is 2. The number of aryl methyl sites for hydroxylation is 1. The number of ether oxygens (including phenoxy) is 1. The molecule has 136 valence electrons. The summed E-state index contributed by atoms with van der Waals surface area (Å²) in [6.07, 6.45) is 3.07. The van der Waals surface area contributed by atoms with Gasteiger partial charge in [-0.15, -0.1) is 0 Å². The van der Waals surface area contributed by atoms with Crippen molar-refractivity contribution in [1.29, 1.82) is 0 Å². The SMILES string of the molecule is Cc1cc2c(cc1N)c(-c1cccc(S(N)=O)c1)nn2C1CCCCO1. The number of nitrogen functional groups attached to an aromatic ring is 1. The second-order valence-electron chi connectivity index (χ2n) is 6.67. The first-order valence-corrected chi connectivity index (χ1v) is 9.92. The van der Waals surface area contributed by atoms with Crippen LogP contribution in [0.1, 0.15) is 31.1 Å². The first-order valence-electron chi connectivity index (χ1n) is 8.71. The van der Waals surface area contributed by atoms with E-state index < -0.39 is 11.0 Å². The summed E-state index contributed by atoms with van der Waals surface area (Å²) in [4.78, 5) is 0.569. The maximum atomic E-state index is 11.7. The molecule has 0 aliphatic carbocycles. The van der Waals surface area contributed by atoms with Crippen molar-refractivity contribution in [3.8, 4) is 11.3 Å². The summed E-state index contributed by atoms with van der Waals surface area (Å²) in [7, 11) is -1.54. The first kappa shape index (κ1) is 17.2. The summed E-state index contributed by atoms with van der Waals surface area (Å²) in [5, 5.41) is 11.4. The minimum absolute atomic E-state index is 0.0742. The lowest BCUT2D eigenvalue weighted by Gasteiger charge is -2.23. The Kier molecular flexibility index (Phi) is 4.52. The highest BCUT2D eigenvalue weighted by Crippen LogP contribution is 2.35. The van der Waals surface area contributed by atoms with Crippen molar-refractivity contribution in [2.24, 2.45) is 5.14 Å². The zero-order valence-electron chi connectivity index (χ0n) is 14.6. The van der Waals surface area contributed by atoms with Crippen molar-refractivity contribution in [1.82, 2.24) is 9.78 Å². The van der Waals surface area contributed by atoms with Crippen molar-refractivity contribution in [2.45, 2.75) is 37.3 Å². The van der Waals surface area contributed by atoms with Gasteiger partial charge in [0.1, 0.15) is 16.7 Å². The number of hydrogen-bond donors (Lipinski definition) is 2. The summed E-state index contributed by atoms with van der Waals surface area (Å²) in [6, 6.07) is 11.4. The van der Waals surface area contributed by atoms with Crippen LogP contribution in [0.4, 0.5) is 5.69 Å². The monoisotopic (exact) mass is 370 g/mol. The number of rotatable bonds is 3. The Hall–Kier alpha value is -2.22. The van der Waals surface area contributed by atoms with E-state index in [4.69, 9.17) is 20.7 Å². The summed E-state index contributed by atoms with van der Waals surface area (Å²) in [6.45, 7) is 2.74. The Bertz CT molecular complexity index is 993. The average Bonchev–Trinajstić information content (AvgIpc) is 3.01. The lowest BCUT2D eigenvalue weighted by atomic mass is 10.1. The third-order valence-electron chi connectivity index (χ3n) is 4.86. The van der Waals surface area contributed by atoms with Crippen LogP contribution >= 0.6 is 0 Å². The fourth-order valence-electron chi connectivity index (χ4n) is 3.42. The number of benzene rings is 2. The fourth-order valence-corrected chi connectivity index (χ4v) is 3.88. The van der Waals surface area contributed by atoms with Gasteiger partial charge < -0.3 is 10.5 Å². The second-order valence-corrected chi connectivity index (χ2v) is 7.73. The van der Waals surface area contributed by atoms with Crippen molar-refractivity contribution >= 4 is 27.6 Å². The van der Waals surface area contributed by atoms with Crippen LogP contribution in [0.25, 0.3) is 22.2 Å². The summed E-state index contributed by atoms with van der Waals surface area (Å²) in [5.74, 6) is 0. The zero-order valence-corrected chi connectivity index (χ0v) is 15.5. The lowest BCUT2D eigenvalue weighted by Crippen LogP contribution is -2.19. The molecule has 3 aromatic rings. The molecule has 7 heteroatoms. The van der Waals surface area contributed by atoms with Crippen molar-refractivity contribution in [3.05, 3.63) is 42.0 Å². The molecule has 2 unspecified atom stereocenters. The molecule has 0 radical (unpaired) electrons. The molecule has 1 saturated heterocycles. The Morgan fingerprint density at radius 1 is 1.27 bits per heavy atom. The molecule has 2 aromatic carbocycles. The van der Waals surface area contributed by atoms with Gasteiger partial charge in [-0.25, -0.2) is 14.0 Å². The van der Waals surface area contributed by atoms with Crippen LogP contribution in [0.3, 0.4) is 0 Å². The van der Waals surface area contributed by atoms with Crippen LogP contribution in [-0.4, -0.2) is 20.6 Å². The van der Waals surface area contributed by atoms with Crippen molar-refractivity contribution in [3.63, 3.8) is 0 Å². The molecular weight excluding hydrogens is 348 g/mol. The highest BCUT2D eigenvalue weighted by molar-refractivity contribution is 7.82. The molecule has 0 spiro atoms. The third-order valence-corrected chi connectivity index (χ3v) is 5.58. The van der Waals surface area contributed by atoms with Gasteiger partial charge in [0, 0.05) is 23.2 Å². The Morgan fingerprint density at radius 3 is 2.85 bits per heavy atom. The number of nitrogens with zero attached hydrogens (tertiary/aromatic N) is 2. The van der Waals surface area contributed by atoms with E-state index in [1.54, 1.807) is 6.07 Å². The van der Waals surface area contributed by atoms with E-state index in [9.17, 15) is 4.21 Å². The molecule has 0 amide bonds. The van der Waals surface area contributed by atoms with E-state index in [2.05, 4.69) is 6.07 Å². The number of nitrogens with two attached hydrogens (primary N) is 2. The molecular formula is C19H22N4O2S. The molecule has 1 fully saturated rings. The van der Waals surface area contributed by atoms with Gasteiger partial charge in [-0.2, -0.15) is 5.10 Å². The van der Waals surface area contributed by atoms with E-state index in [1.807, 2.05) is 35.9 Å². The van der Waals surface area contributed by atoms with Gasteiger partial charge >= 0.3 is 0 Å². The standard InChI is InChI=1S/C19H22N4O2S/c1-12-9-17-15(11-16(12)20)19(13-5-4-6-14(10-13)26(21)24)22-23(17)18-7-2-3-8-25-18/h4-6,9-11,18H,2-3,7-8,20-21H2,1H3. The van der Waals surface area contributed by atoms with Crippen LogP contribution in [-0.2, 0) is 15.7 Å². The minimum Gasteiger partial charge on any atom is -0.398 e. The van der Waals surface area contributed by atoms with Crippen LogP contribution in [0.2, 0.25) is 0 Å². The van der Waals surface area contributed by atoms with Gasteiger partial charge in [0.05, 0.1) is 10.4 Å². The number of hydrogen-bond acceptors (Lipinski definition) is 4. The van der Waals surface area contributed by atoms with Crippen LogP contribution < -0.4 is 10.9 Å². The molecule has 2 atom stereocenters. The number of fused-ring (bicyclic) bond motifs is 1. The highest BCUT2D eigenvalue weighted by Gasteiger charge is 2.22. The van der Waals surface area contributed by atoms with Gasteiger partial charge in [-0.05, 0) is 56.0 Å². The van der Waals surface area contributed by atoms with Crippen LogP contribution in [0.15, 0.2) is 41.3 Å². The maximum absolute atomic E-state index is 11.7. The molecule has 6 nitrogen and oxygen atoms in total.